The summed E-state index contributed by atoms with van der Waals surface area (Å²) in [5.74, 6) is 0. The molecule has 2 unspecified atom stereocenters. The first-order valence-corrected chi connectivity index (χ1v) is 7.29. The number of nitrogens with one attached hydrogen (secondary N) is 1. The molecule has 1 aromatic carbocycles. The van der Waals surface area contributed by atoms with Crippen molar-refractivity contribution in [3.05, 3.63) is 28.2 Å². The van der Waals surface area contributed by atoms with E-state index in [9.17, 15) is 5.11 Å². The van der Waals surface area contributed by atoms with Crippen LogP contribution in [-0.4, -0.2) is 36.9 Å². The number of aliphatic hydroxyl groups excluding tert-OH is 1. The molecule has 4 heteroatoms. The summed E-state index contributed by atoms with van der Waals surface area (Å²) >= 11 is 3.50. The lowest BCUT2D eigenvalue weighted by Crippen LogP contribution is -2.46. The zero-order valence-electron chi connectivity index (χ0n) is 11.0. The Hall–Kier alpha value is -0.580. The zero-order chi connectivity index (χ0) is 13.1. The van der Waals surface area contributed by atoms with Crippen LogP contribution >= 0.6 is 15.9 Å². The number of hydrogen-bond donors (Lipinski definition) is 2. The fraction of sp³-hybridized carbons (Fsp3) is 0.571. The van der Waals surface area contributed by atoms with Crippen molar-refractivity contribution < 1.29 is 5.11 Å². The highest BCUT2D eigenvalue weighted by Crippen LogP contribution is 2.28. The third-order valence-corrected chi connectivity index (χ3v) is 4.13. The number of halogens is 1. The van der Waals surface area contributed by atoms with Gasteiger partial charge in [0, 0.05) is 22.7 Å². The number of rotatable bonds is 2. The van der Waals surface area contributed by atoms with E-state index in [1.807, 2.05) is 0 Å². The monoisotopic (exact) mass is 312 g/mol. The van der Waals surface area contributed by atoms with Gasteiger partial charge in [-0.1, -0.05) is 15.9 Å². The van der Waals surface area contributed by atoms with Gasteiger partial charge >= 0.3 is 0 Å². The largest absolute Gasteiger partial charge is 0.394 e. The molecular formula is C14H21BrN2O. The molecular weight excluding hydrogens is 292 g/mol. The van der Waals surface area contributed by atoms with Crippen molar-refractivity contribution in [3.63, 3.8) is 0 Å². The predicted molar refractivity (Wildman–Crippen MR) is 79.2 cm³/mol. The van der Waals surface area contributed by atoms with Crippen molar-refractivity contribution in [3.8, 4) is 0 Å². The number of hydrogen-bond acceptors (Lipinski definition) is 3. The molecule has 2 atom stereocenters. The lowest BCUT2D eigenvalue weighted by atomic mass is 10.1. The third kappa shape index (κ3) is 2.87. The van der Waals surface area contributed by atoms with E-state index in [2.05, 4.69) is 58.2 Å². The summed E-state index contributed by atoms with van der Waals surface area (Å²) < 4.78 is 1.10. The number of anilines is 1. The maximum absolute atomic E-state index is 9.62. The first kappa shape index (κ1) is 13.8. The van der Waals surface area contributed by atoms with Crippen LogP contribution in [0.5, 0.6) is 0 Å². The Morgan fingerprint density at radius 2 is 2.28 bits per heavy atom. The maximum Gasteiger partial charge on any atom is 0.0648 e. The van der Waals surface area contributed by atoms with Crippen LogP contribution in [0.3, 0.4) is 0 Å². The minimum absolute atomic E-state index is 0.155. The molecule has 1 aromatic rings. The Morgan fingerprint density at radius 1 is 1.50 bits per heavy atom. The van der Waals surface area contributed by atoms with Gasteiger partial charge in [-0.2, -0.15) is 0 Å². The summed E-state index contributed by atoms with van der Waals surface area (Å²) in [6.07, 6.45) is 1.10. The molecule has 100 valence electrons. The average Bonchev–Trinajstić information content (AvgIpc) is 2.51. The Labute approximate surface area is 117 Å². The lowest BCUT2D eigenvalue weighted by Gasteiger charge is -2.36. The fourth-order valence-electron chi connectivity index (χ4n) is 2.67. The molecule has 1 aliphatic heterocycles. The molecule has 3 nitrogen and oxygen atoms in total. The molecule has 0 bridgehead atoms. The summed E-state index contributed by atoms with van der Waals surface area (Å²) in [5, 5.41) is 13.0. The topological polar surface area (TPSA) is 35.5 Å². The predicted octanol–water partition coefficient (Wildman–Crippen LogP) is 2.31. The van der Waals surface area contributed by atoms with Crippen LogP contribution < -0.4 is 10.2 Å². The van der Waals surface area contributed by atoms with Crippen LogP contribution in [0.4, 0.5) is 5.69 Å². The van der Waals surface area contributed by atoms with Crippen molar-refractivity contribution in [2.24, 2.45) is 0 Å². The van der Waals surface area contributed by atoms with Crippen LogP contribution in [0.15, 0.2) is 22.7 Å². The Balaban J connectivity index is 2.36. The van der Waals surface area contributed by atoms with E-state index in [1.165, 1.54) is 11.3 Å². The van der Waals surface area contributed by atoms with E-state index in [1.54, 1.807) is 0 Å². The number of nitrogens with zero attached hydrogens (tertiary/aromatic N) is 1. The number of aryl methyl sites for hydroxylation is 1. The van der Waals surface area contributed by atoms with E-state index in [4.69, 9.17) is 0 Å². The van der Waals surface area contributed by atoms with Crippen LogP contribution in [0.1, 0.15) is 18.9 Å². The Kier molecular flexibility index (Phi) is 4.65. The van der Waals surface area contributed by atoms with Crippen LogP contribution in [0, 0.1) is 6.92 Å². The highest BCUT2D eigenvalue weighted by molar-refractivity contribution is 9.10. The van der Waals surface area contributed by atoms with Crippen molar-refractivity contribution in [2.75, 3.05) is 24.6 Å². The van der Waals surface area contributed by atoms with Gasteiger partial charge in [0.1, 0.15) is 0 Å². The second-order valence-corrected chi connectivity index (χ2v) is 5.93. The first-order chi connectivity index (χ1) is 8.63. The normalized spacial score (nSPS) is 25.0. The standard InChI is InChI=1S/C14H21BrN2O/c1-10-7-12(15)3-4-14(10)17-11(2)5-6-16-8-13(17)9-18/h3-4,7,11,13,16,18H,5-6,8-9H2,1-2H3. The van der Waals surface area contributed by atoms with Crippen LogP contribution in [0.25, 0.3) is 0 Å². The summed E-state index contributed by atoms with van der Waals surface area (Å²) in [6.45, 7) is 6.41. The number of aliphatic hydroxyl groups is 1. The molecule has 0 amide bonds. The van der Waals surface area contributed by atoms with E-state index < -0.39 is 0 Å². The summed E-state index contributed by atoms with van der Waals surface area (Å²) in [5.41, 5.74) is 2.48. The molecule has 0 spiro atoms. The molecule has 1 heterocycles. The van der Waals surface area contributed by atoms with E-state index in [0.717, 1.165) is 24.0 Å². The maximum atomic E-state index is 9.62. The van der Waals surface area contributed by atoms with Gasteiger partial charge < -0.3 is 15.3 Å². The Bertz CT molecular complexity index is 411. The highest BCUT2D eigenvalue weighted by atomic mass is 79.9. The summed E-state index contributed by atoms with van der Waals surface area (Å²) in [4.78, 5) is 2.36. The van der Waals surface area contributed by atoms with Gasteiger partial charge in [-0.3, -0.25) is 0 Å². The molecule has 18 heavy (non-hydrogen) atoms. The van der Waals surface area contributed by atoms with Crippen molar-refractivity contribution in [1.82, 2.24) is 5.32 Å². The third-order valence-electron chi connectivity index (χ3n) is 3.63. The van der Waals surface area contributed by atoms with E-state index >= 15 is 0 Å². The van der Waals surface area contributed by atoms with Gasteiger partial charge in [-0.05, 0) is 50.6 Å². The van der Waals surface area contributed by atoms with Gasteiger partial charge in [0.05, 0.1) is 12.6 Å². The van der Waals surface area contributed by atoms with Gasteiger partial charge in [0.25, 0.3) is 0 Å². The molecule has 0 saturated carbocycles. The molecule has 2 rings (SSSR count). The molecule has 0 aromatic heterocycles. The number of benzene rings is 1. The van der Waals surface area contributed by atoms with Crippen molar-refractivity contribution >= 4 is 21.6 Å². The molecule has 0 aliphatic carbocycles. The lowest BCUT2D eigenvalue weighted by molar-refractivity contribution is 0.255. The van der Waals surface area contributed by atoms with Crippen LogP contribution in [0.2, 0.25) is 0 Å². The SMILES string of the molecule is Cc1cc(Br)ccc1N1C(C)CCNCC1CO. The second kappa shape index (κ2) is 6.04. The van der Waals surface area contributed by atoms with Crippen molar-refractivity contribution in [1.29, 1.82) is 0 Å². The second-order valence-electron chi connectivity index (χ2n) is 5.02. The quantitative estimate of drug-likeness (QED) is 0.879. The summed E-state index contributed by atoms with van der Waals surface area (Å²) in [6, 6.07) is 6.94. The van der Waals surface area contributed by atoms with Gasteiger partial charge in [-0.15, -0.1) is 0 Å². The minimum atomic E-state index is 0.155. The van der Waals surface area contributed by atoms with Gasteiger partial charge in [-0.25, -0.2) is 0 Å². The fourth-order valence-corrected chi connectivity index (χ4v) is 3.15. The molecule has 1 aliphatic rings. The molecule has 1 saturated heterocycles. The smallest absolute Gasteiger partial charge is 0.0648 e. The highest BCUT2D eigenvalue weighted by Gasteiger charge is 2.26. The Morgan fingerprint density at radius 3 is 2.94 bits per heavy atom. The van der Waals surface area contributed by atoms with Crippen LogP contribution in [-0.2, 0) is 0 Å². The zero-order valence-corrected chi connectivity index (χ0v) is 12.6. The van der Waals surface area contributed by atoms with E-state index in [-0.39, 0.29) is 12.6 Å². The molecule has 0 radical (unpaired) electrons. The molecule has 2 N–H and O–H groups in total. The van der Waals surface area contributed by atoms with Gasteiger partial charge in [0.15, 0.2) is 0 Å². The van der Waals surface area contributed by atoms with E-state index in [0.29, 0.717) is 6.04 Å². The molecule has 1 fully saturated rings. The summed E-state index contributed by atoms with van der Waals surface area (Å²) in [7, 11) is 0. The minimum Gasteiger partial charge on any atom is -0.394 e. The van der Waals surface area contributed by atoms with Crippen molar-refractivity contribution in [2.45, 2.75) is 32.4 Å². The first-order valence-electron chi connectivity index (χ1n) is 6.49. The average molecular weight is 313 g/mol. The van der Waals surface area contributed by atoms with Gasteiger partial charge in [0.2, 0.25) is 0 Å².